The molecule has 0 spiro atoms. The fourth-order valence-corrected chi connectivity index (χ4v) is 2.38. The van der Waals surface area contributed by atoms with E-state index in [0.29, 0.717) is 5.25 Å². The van der Waals surface area contributed by atoms with E-state index < -0.39 is 0 Å². The molecule has 0 aromatic heterocycles. The van der Waals surface area contributed by atoms with Crippen molar-refractivity contribution in [2.75, 3.05) is 0 Å². The molecule has 1 aliphatic rings. The van der Waals surface area contributed by atoms with Crippen molar-refractivity contribution in [3.8, 4) is 0 Å². The summed E-state index contributed by atoms with van der Waals surface area (Å²) >= 11 is 4.59. The van der Waals surface area contributed by atoms with Crippen LogP contribution in [0.15, 0.2) is 0 Å². The van der Waals surface area contributed by atoms with Crippen molar-refractivity contribution in [2.24, 2.45) is 5.92 Å². The van der Waals surface area contributed by atoms with Gasteiger partial charge in [0.1, 0.15) is 0 Å². The second-order valence-electron chi connectivity index (χ2n) is 3.40. The fraction of sp³-hybridized carbons (Fsp3) is 1.00. The van der Waals surface area contributed by atoms with E-state index >= 15 is 0 Å². The van der Waals surface area contributed by atoms with Gasteiger partial charge in [0.05, 0.1) is 0 Å². The minimum atomic E-state index is 0.716. The van der Waals surface area contributed by atoms with Crippen LogP contribution in [0.4, 0.5) is 0 Å². The Morgan fingerprint density at radius 3 is 2.60 bits per heavy atom. The van der Waals surface area contributed by atoms with Crippen LogP contribution in [0.5, 0.6) is 0 Å². The monoisotopic (exact) mass is 158 g/mol. The van der Waals surface area contributed by atoms with Gasteiger partial charge in [-0.1, -0.05) is 26.2 Å². The highest BCUT2D eigenvalue weighted by Gasteiger charge is 2.20. The molecule has 2 atom stereocenters. The predicted molar refractivity (Wildman–Crippen MR) is 49.6 cm³/mol. The highest BCUT2D eigenvalue weighted by atomic mass is 32.1. The summed E-state index contributed by atoms with van der Waals surface area (Å²) in [7, 11) is 0. The third-order valence-corrected chi connectivity index (χ3v) is 3.21. The van der Waals surface area contributed by atoms with E-state index in [1.807, 2.05) is 0 Å². The van der Waals surface area contributed by atoms with E-state index in [1.54, 1.807) is 0 Å². The van der Waals surface area contributed by atoms with Gasteiger partial charge in [0, 0.05) is 5.25 Å². The zero-order chi connectivity index (χ0) is 7.40. The lowest BCUT2D eigenvalue weighted by Crippen LogP contribution is -2.19. The summed E-state index contributed by atoms with van der Waals surface area (Å²) in [4.78, 5) is 0. The topological polar surface area (TPSA) is 0 Å². The van der Waals surface area contributed by atoms with Crippen LogP contribution in [0, 0.1) is 5.92 Å². The Labute approximate surface area is 69.8 Å². The summed E-state index contributed by atoms with van der Waals surface area (Å²) in [5.41, 5.74) is 0. The maximum absolute atomic E-state index is 4.59. The van der Waals surface area contributed by atoms with E-state index in [2.05, 4.69) is 19.6 Å². The number of thiol groups is 1. The van der Waals surface area contributed by atoms with Crippen molar-refractivity contribution in [2.45, 2.75) is 50.7 Å². The van der Waals surface area contributed by atoms with Gasteiger partial charge in [-0.2, -0.15) is 12.6 Å². The van der Waals surface area contributed by atoms with Crippen LogP contribution in [-0.4, -0.2) is 5.25 Å². The molecular formula is C9H18S. The highest BCUT2D eigenvalue weighted by molar-refractivity contribution is 7.81. The molecule has 0 bridgehead atoms. The fourth-order valence-electron chi connectivity index (χ4n) is 1.90. The van der Waals surface area contributed by atoms with Gasteiger partial charge in [-0.3, -0.25) is 0 Å². The van der Waals surface area contributed by atoms with Gasteiger partial charge in [0.25, 0.3) is 0 Å². The first-order chi connectivity index (χ1) is 4.84. The van der Waals surface area contributed by atoms with Crippen molar-refractivity contribution in [1.82, 2.24) is 0 Å². The molecule has 0 aliphatic heterocycles. The summed E-state index contributed by atoms with van der Waals surface area (Å²) in [6, 6.07) is 0. The quantitative estimate of drug-likeness (QED) is 0.586. The van der Waals surface area contributed by atoms with Crippen LogP contribution in [0.3, 0.4) is 0 Å². The Hall–Kier alpha value is 0.350. The molecule has 2 unspecified atom stereocenters. The van der Waals surface area contributed by atoms with Crippen LogP contribution in [0.2, 0.25) is 0 Å². The normalized spacial score (nSPS) is 34.2. The van der Waals surface area contributed by atoms with Gasteiger partial charge >= 0.3 is 0 Å². The maximum Gasteiger partial charge on any atom is 0.00450 e. The van der Waals surface area contributed by atoms with E-state index in [1.165, 1.54) is 38.5 Å². The molecule has 0 saturated heterocycles. The van der Waals surface area contributed by atoms with E-state index in [9.17, 15) is 0 Å². The Balaban J connectivity index is 2.25. The molecule has 60 valence electrons. The third-order valence-electron chi connectivity index (χ3n) is 2.53. The minimum absolute atomic E-state index is 0.716. The zero-order valence-electron chi connectivity index (χ0n) is 6.84. The Morgan fingerprint density at radius 2 is 2.00 bits per heavy atom. The van der Waals surface area contributed by atoms with Crippen molar-refractivity contribution < 1.29 is 0 Å². The second-order valence-corrected chi connectivity index (χ2v) is 4.06. The van der Waals surface area contributed by atoms with E-state index in [4.69, 9.17) is 0 Å². The van der Waals surface area contributed by atoms with E-state index in [-0.39, 0.29) is 0 Å². The lowest BCUT2D eigenvalue weighted by atomic mass is 9.86. The van der Waals surface area contributed by atoms with Crippen LogP contribution >= 0.6 is 12.6 Å². The van der Waals surface area contributed by atoms with Crippen molar-refractivity contribution in [3.05, 3.63) is 0 Å². The number of hydrogen-bond donors (Lipinski definition) is 1. The van der Waals surface area contributed by atoms with Gasteiger partial charge in [-0.05, 0) is 25.2 Å². The SMILES string of the molecule is CCCC1CCCCC1S. The van der Waals surface area contributed by atoms with Crippen molar-refractivity contribution in [3.63, 3.8) is 0 Å². The smallest absolute Gasteiger partial charge is 0.00450 e. The standard InChI is InChI=1S/C9H18S/c1-2-5-8-6-3-4-7-9(8)10/h8-10H,2-7H2,1H3. The first-order valence-electron chi connectivity index (χ1n) is 4.52. The summed E-state index contributed by atoms with van der Waals surface area (Å²) in [5, 5.41) is 0.716. The number of rotatable bonds is 2. The summed E-state index contributed by atoms with van der Waals surface area (Å²) in [5.74, 6) is 0.932. The molecular weight excluding hydrogens is 140 g/mol. The molecule has 1 saturated carbocycles. The second kappa shape index (κ2) is 4.27. The van der Waals surface area contributed by atoms with Crippen molar-refractivity contribution in [1.29, 1.82) is 0 Å². The Kier molecular flexibility index (Phi) is 3.61. The molecule has 0 heterocycles. The molecule has 1 heteroatoms. The zero-order valence-corrected chi connectivity index (χ0v) is 7.74. The van der Waals surface area contributed by atoms with Crippen molar-refractivity contribution >= 4 is 12.6 Å². The summed E-state index contributed by atoms with van der Waals surface area (Å²) in [6.07, 6.45) is 8.38. The van der Waals surface area contributed by atoms with Gasteiger partial charge < -0.3 is 0 Å². The van der Waals surface area contributed by atoms with Crippen LogP contribution in [0.25, 0.3) is 0 Å². The lowest BCUT2D eigenvalue weighted by molar-refractivity contribution is 0.349. The lowest BCUT2D eigenvalue weighted by Gasteiger charge is -2.27. The largest absolute Gasteiger partial charge is 0.176 e. The van der Waals surface area contributed by atoms with Gasteiger partial charge in [-0.15, -0.1) is 0 Å². The summed E-state index contributed by atoms with van der Waals surface area (Å²) < 4.78 is 0. The van der Waals surface area contributed by atoms with Gasteiger partial charge in [0.15, 0.2) is 0 Å². The average Bonchev–Trinajstić information content (AvgIpc) is 1.94. The Bertz CT molecular complexity index is 88.7. The minimum Gasteiger partial charge on any atom is -0.176 e. The maximum atomic E-state index is 4.59. The molecule has 1 fully saturated rings. The first-order valence-corrected chi connectivity index (χ1v) is 5.04. The molecule has 0 amide bonds. The molecule has 0 aromatic rings. The third kappa shape index (κ3) is 2.19. The highest BCUT2D eigenvalue weighted by Crippen LogP contribution is 2.31. The average molecular weight is 158 g/mol. The molecule has 10 heavy (non-hydrogen) atoms. The first kappa shape index (κ1) is 8.45. The molecule has 0 radical (unpaired) electrons. The van der Waals surface area contributed by atoms with Gasteiger partial charge in [-0.25, -0.2) is 0 Å². The molecule has 0 aromatic carbocycles. The molecule has 1 rings (SSSR count). The van der Waals surface area contributed by atoms with Crippen LogP contribution in [-0.2, 0) is 0 Å². The summed E-state index contributed by atoms with van der Waals surface area (Å²) in [6.45, 7) is 2.27. The van der Waals surface area contributed by atoms with Gasteiger partial charge in [0.2, 0.25) is 0 Å². The predicted octanol–water partition coefficient (Wildman–Crippen LogP) is 3.28. The molecule has 1 aliphatic carbocycles. The van der Waals surface area contributed by atoms with Crippen LogP contribution < -0.4 is 0 Å². The Morgan fingerprint density at radius 1 is 1.30 bits per heavy atom. The number of hydrogen-bond acceptors (Lipinski definition) is 1. The molecule has 0 N–H and O–H groups in total. The molecule has 0 nitrogen and oxygen atoms in total. The van der Waals surface area contributed by atoms with Crippen LogP contribution in [0.1, 0.15) is 45.4 Å². The van der Waals surface area contributed by atoms with E-state index in [0.717, 1.165) is 5.92 Å².